The van der Waals surface area contributed by atoms with Gasteiger partial charge >= 0.3 is 0 Å². The normalized spacial score (nSPS) is 10.2. The van der Waals surface area contributed by atoms with Crippen LogP contribution in [-0.4, -0.2) is 10.1 Å². The first-order valence-electron chi connectivity index (χ1n) is 3.65. The third-order valence-electron chi connectivity index (χ3n) is 1.72. The highest BCUT2D eigenvalue weighted by atomic mass is 19.3. The Bertz CT molecular complexity index is 434. The number of nitrogens with one attached hydrogen (secondary N) is 1. The summed E-state index contributed by atoms with van der Waals surface area (Å²) >= 11 is 0. The molecule has 4 nitrogen and oxygen atoms in total. The third kappa shape index (κ3) is 1.63. The zero-order chi connectivity index (χ0) is 10.7. The fourth-order valence-electron chi connectivity index (χ4n) is 1.08. The van der Waals surface area contributed by atoms with Gasteiger partial charge in [-0.05, 0) is 0 Å². The van der Waals surface area contributed by atoms with E-state index in [1.807, 2.05) is 0 Å². The summed E-state index contributed by atoms with van der Waals surface area (Å²) in [6.07, 6.45) is -1.97. The lowest BCUT2D eigenvalue weighted by Crippen LogP contribution is -2.15. The second-order valence-electron chi connectivity index (χ2n) is 2.50. The van der Waals surface area contributed by atoms with E-state index in [1.165, 1.54) is 6.07 Å². The fourth-order valence-corrected chi connectivity index (χ4v) is 1.08. The van der Waals surface area contributed by atoms with Crippen molar-refractivity contribution in [3.8, 4) is 6.07 Å². The molecule has 0 unspecified atom stereocenters. The van der Waals surface area contributed by atoms with Gasteiger partial charge in [0.2, 0.25) is 0 Å². The van der Waals surface area contributed by atoms with Crippen LogP contribution in [0.25, 0.3) is 0 Å². The molecule has 0 atom stereocenters. The standard InChI is InChI=1S/C8H6F2N2O2/c9-7(10)6-4(3-13)2-12-8(14)5(6)1-11/h2,7,13H,3H2,(H,12,14). The summed E-state index contributed by atoms with van der Waals surface area (Å²) in [5, 5.41) is 17.2. The van der Waals surface area contributed by atoms with Gasteiger partial charge in [-0.2, -0.15) is 5.26 Å². The number of rotatable bonds is 2. The average Bonchev–Trinajstić information content (AvgIpc) is 2.17. The van der Waals surface area contributed by atoms with Gasteiger partial charge in [0.15, 0.2) is 0 Å². The molecule has 0 aliphatic rings. The quantitative estimate of drug-likeness (QED) is 0.736. The Morgan fingerprint density at radius 1 is 1.64 bits per heavy atom. The highest BCUT2D eigenvalue weighted by Gasteiger charge is 2.20. The number of nitrogens with zero attached hydrogens (tertiary/aromatic N) is 1. The van der Waals surface area contributed by atoms with Crippen molar-refractivity contribution in [1.29, 1.82) is 5.26 Å². The van der Waals surface area contributed by atoms with Gasteiger partial charge in [-0.1, -0.05) is 0 Å². The van der Waals surface area contributed by atoms with Crippen molar-refractivity contribution in [1.82, 2.24) is 4.98 Å². The molecule has 0 aliphatic carbocycles. The summed E-state index contributed by atoms with van der Waals surface area (Å²) in [7, 11) is 0. The molecule has 0 radical (unpaired) electrons. The average molecular weight is 200 g/mol. The van der Waals surface area contributed by atoms with Gasteiger partial charge in [-0.15, -0.1) is 0 Å². The molecule has 0 saturated heterocycles. The second kappa shape index (κ2) is 3.98. The lowest BCUT2D eigenvalue weighted by molar-refractivity contribution is 0.146. The molecule has 0 saturated carbocycles. The van der Waals surface area contributed by atoms with Crippen LogP contribution < -0.4 is 5.56 Å². The molecule has 1 aromatic rings. The van der Waals surface area contributed by atoms with E-state index in [9.17, 15) is 13.6 Å². The van der Waals surface area contributed by atoms with Gasteiger partial charge in [-0.25, -0.2) is 8.78 Å². The number of aliphatic hydroxyl groups is 1. The number of alkyl halides is 2. The molecular formula is C8H6F2N2O2. The van der Waals surface area contributed by atoms with Crippen LogP contribution in [0.3, 0.4) is 0 Å². The Morgan fingerprint density at radius 3 is 2.71 bits per heavy atom. The molecule has 1 rings (SSSR count). The number of aliphatic hydroxyl groups excluding tert-OH is 1. The van der Waals surface area contributed by atoms with Crippen LogP contribution >= 0.6 is 0 Å². The predicted octanol–water partition coefficient (Wildman–Crippen LogP) is 0.676. The molecule has 0 spiro atoms. The zero-order valence-corrected chi connectivity index (χ0v) is 6.92. The van der Waals surface area contributed by atoms with Crippen LogP contribution in [0.2, 0.25) is 0 Å². The molecule has 14 heavy (non-hydrogen) atoms. The van der Waals surface area contributed by atoms with Crippen LogP contribution in [-0.2, 0) is 6.61 Å². The minimum Gasteiger partial charge on any atom is -0.392 e. The molecule has 2 N–H and O–H groups in total. The summed E-state index contributed by atoms with van der Waals surface area (Å²) < 4.78 is 24.9. The molecule has 0 aromatic carbocycles. The predicted molar refractivity (Wildman–Crippen MR) is 42.7 cm³/mol. The third-order valence-corrected chi connectivity index (χ3v) is 1.72. The first kappa shape index (κ1) is 10.3. The minimum atomic E-state index is -2.95. The topological polar surface area (TPSA) is 76.9 Å². The number of aromatic nitrogens is 1. The summed E-state index contributed by atoms with van der Waals surface area (Å²) in [6.45, 7) is -0.648. The highest BCUT2D eigenvalue weighted by molar-refractivity contribution is 5.40. The van der Waals surface area contributed by atoms with Crippen LogP contribution in [0, 0.1) is 11.3 Å². The number of hydrogen-bond donors (Lipinski definition) is 2. The Kier molecular flexibility index (Phi) is 2.94. The van der Waals surface area contributed by atoms with Crippen molar-refractivity contribution in [3.05, 3.63) is 33.2 Å². The van der Waals surface area contributed by atoms with E-state index in [4.69, 9.17) is 10.4 Å². The highest BCUT2D eigenvalue weighted by Crippen LogP contribution is 2.23. The maximum Gasteiger partial charge on any atom is 0.266 e. The molecule has 0 bridgehead atoms. The van der Waals surface area contributed by atoms with Crippen molar-refractivity contribution in [2.24, 2.45) is 0 Å². The minimum absolute atomic E-state index is 0.142. The van der Waals surface area contributed by atoms with E-state index >= 15 is 0 Å². The second-order valence-corrected chi connectivity index (χ2v) is 2.50. The summed E-state index contributed by atoms with van der Waals surface area (Å²) in [6, 6.07) is 1.39. The monoisotopic (exact) mass is 200 g/mol. The summed E-state index contributed by atoms with van der Waals surface area (Å²) in [4.78, 5) is 13.0. The van der Waals surface area contributed by atoms with Gasteiger partial charge in [0, 0.05) is 17.3 Å². The SMILES string of the molecule is N#Cc1c(C(F)F)c(CO)c[nH]c1=O. The Morgan fingerprint density at radius 2 is 2.29 bits per heavy atom. The van der Waals surface area contributed by atoms with Crippen molar-refractivity contribution in [2.45, 2.75) is 13.0 Å². The molecule has 6 heteroatoms. The smallest absolute Gasteiger partial charge is 0.266 e. The Balaban J connectivity index is 3.54. The van der Waals surface area contributed by atoms with Gasteiger partial charge < -0.3 is 10.1 Å². The van der Waals surface area contributed by atoms with E-state index in [-0.39, 0.29) is 5.56 Å². The maximum absolute atomic E-state index is 12.4. The van der Waals surface area contributed by atoms with Crippen LogP contribution in [0.15, 0.2) is 11.0 Å². The zero-order valence-electron chi connectivity index (χ0n) is 6.92. The van der Waals surface area contributed by atoms with Crippen LogP contribution in [0.4, 0.5) is 8.78 Å². The molecule has 74 valence electrons. The maximum atomic E-state index is 12.4. The number of halogens is 2. The molecule has 0 amide bonds. The van der Waals surface area contributed by atoms with Crippen molar-refractivity contribution >= 4 is 0 Å². The van der Waals surface area contributed by atoms with Gasteiger partial charge in [0.25, 0.3) is 12.0 Å². The van der Waals surface area contributed by atoms with Gasteiger partial charge in [0.1, 0.15) is 11.6 Å². The van der Waals surface area contributed by atoms with E-state index in [1.54, 1.807) is 0 Å². The lowest BCUT2D eigenvalue weighted by Gasteiger charge is -2.06. The van der Waals surface area contributed by atoms with Crippen molar-refractivity contribution < 1.29 is 13.9 Å². The first-order valence-corrected chi connectivity index (χ1v) is 3.65. The van der Waals surface area contributed by atoms with Crippen LogP contribution in [0.1, 0.15) is 23.1 Å². The molecule has 0 aliphatic heterocycles. The first-order chi connectivity index (χ1) is 6.61. The number of nitriles is 1. The van der Waals surface area contributed by atoms with E-state index in [0.29, 0.717) is 0 Å². The van der Waals surface area contributed by atoms with Crippen molar-refractivity contribution in [3.63, 3.8) is 0 Å². The van der Waals surface area contributed by atoms with Gasteiger partial charge in [-0.3, -0.25) is 4.79 Å². The molecular weight excluding hydrogens is 194 g/mol. The lowest BCUT2D eigenvalue weighted by atomic mass is 10.1. The molecule has 1 aromatic heterocycles. The summed E-state index contributed by atoms with van der Waals surface area (Å²) in [5.41, 5.74) is -2.36. The van der Waals surface area contributed by atoms with E-state index in [2.05, 4.69) is 4.98 Å². The number of hydrogen-bond acceptors (Lipinski definition) is 3. The number of pyridine rings is 1. The Labute approximate surface area is 77.4 Å². The molecule has 1 heterocycles. The number of aromatic amines is 1. The number of H-pyrrole nitrogens is 1. The van der Waals surface area contributed by atoms with Crippen LogP contribution in [0.5, 0.6) is 0 Å². The van der Waals surface area contributed by atoms with Crippen molar-refractivity contribution in [2.75, 3.05) is 0 Å². The molecule has 0 fully saturated rings. The summed E-state index contributed by atoms with van der Waals surface area (Å²) in [5.74, 6) is 0. The Hall–Kier alpha value is -1.74. The van der Waals surface area contributed by atoms with Gasteiger partial charge in [0.05, 0.1) is 6.61 Å². The largest absolute Gasteiger partial charge is 0.392 e. The fraction of sp³-hybridized carbons (Fsp3) is 0.250. The van der Waals surface area contributed by atoms with E-state index in [0.717, 1.165) is 6.20 Å². The van der Waals surface area contributed by atoms with E-state index < -0.39 is 29.7 Å².